The van der Waals surface area contributed by atoms with Crippen LogP contribution in [0.5, 0.6) is 17.4 Å². The van der Waals surface area contributed by atoms with Gasteiger partial charge in [0.25, 0.3) is 21.6 Å². The Morgan fingerprint density at radius 1 is 0.939 bits per heavy atom. The number of nitrogens with zero attached hydrogens (tertiary/aromatic N) is 6. The van der Waals surface area contributed by atoms with E-state index < -0.39 is 37.5 Å². The number of carbonyl (C=O) groups is 1. The number of carbonyl (C=O) groups excluding carboxylic acids is 1. The second-order valence-electron chi connectivity index (χ2n) is 23.7. The summed E-state index contributed by atoms with van der Waals surface area (Å²) in [6, 6.07) is 25.4. The van der Waals surface area contributed by atoms with E-state index in [1.807, 2.05) is 49.4 Å². The van der Waals surface area contributed by atoms with E-state index in [2.05, 4.69) is 66.7 Å². The second kappa shape index (κ2) is 21.9. The quantitative estimate of drug-likeness (QED) is 0.0727. The number of nitro benzene ring substituents is 1. The highest BCUT2D eigenvalue weighted by molar-refractivity contribution is 7.90. The minimum Gasteiger partial charge on any atom is -0.491 e. The number of nitrogens with one attached hydrogen (secondary N) is 3. The van der Waals surface area contributed by atoms with Gasteiger partial charge in [-0.2, -0.15) is 4.98 Å². The maximum Gasteiger partial charge on any atom is 0.297 e. The van der Waals surface area contributed by atoms with Crippen LogP contribution in [0.2, 0.25) is 0 Å². The number of amides is 1. The Kier molecular flexibility index (Phi) is 14.5. The van der Waals surface area contributed by atoms with E-state index in [1.165, 1.54) is 6.07 Å². The highest BCUT2D eigenvalue weighted by atomic mass is 32.2. The van der Waals surface area contributed by atoms with Gasteiger partial charge in [0.05, 0.1) is 51.9 Å². The van der Waals surface area contributed by atoms with Crippen molar-refractivity contribution < 1.29 is 46.2 Å². The van der Waals surface area contributed by atoms with E-state index in [4.69, 9.17) is 28.7 Å². The lowest BCUT2D eigenvalue weighted by Gasteiger charge is -2.58. The molecule has 6 aromatic rings. The molecule has 1 amide bonds. The van der Waals surface area contributed by atoms with Gasteiger partial charge in [0, 0.05) is 106 Å². The molecule has 19 nitrogen and oxygen atoms in total. The van der Waals surface area contributed by atoms with Gasteiger partial charge in [-0.25, -0.2) is 17.5 Å². The van der Waals surface area contributed by atoms with E-state index in [0.29, 0.717) is 67.3 Å². The molecule has 82 heavy (non-hydrogen) atoms. The fraction of sp³-hybridized carbons (Fsp3) is 0.475. The number of anilines is 4. The van der Waals surface area contributed by atoms with Gasteiger partial charge in [-0.15, -0.1) is 0 Å². The lowest BCUT2D eigenvalue weighted by atomic mass is 9.59. The summed E-state index contributed by atoms with van der Waals surface area (Å²) in [5.74, 6) is 0.329. The molecule has 13 rings (SSSR count). The zero-order chi connectivity index (χ0) is 56.4. The molecule has 4 atom stereocenters. The summed E-state index contributed by atoms with van der Waals surface area (Å²) in [5, 5.41) is 16.7. The van der Waals surface area contributed by atoms with Gasteiger partial charge in [0.1, 0.15) is 35.6 Å². The van der Waals surface area contributed by atoms with E-state index in [-0.39, 0.29) is 71.6 Å². The lowest BCUT2D eigenvalue weighted by molar-refractivity contribution is -0.384. The summed E-state index contributed by atoms with van der Waals surface area (Å²) < 4.78 is 76.9. The van der Waals surface area contributed by atoms with Crippen molar-refractivity contribution in [3.05, 3.63) is 129 Å². The number of ether oxygens (including phenoxy) is 5. The number of aryl methyl sites for hydroxylation is 1. The minimum atomic E-state index is -4.73. The Balaban J connectivity index is 0.774. The number of benzene rings is 4. The van der Waals surface area contributed by atoms with Gasteiger partial charge in [0.15, 0.2) is 11.4 Å². The SMILES string of the molecule is Cc1ccc(CN2CCN(C3CC4(CCN(c5ccc(C(=O)NS(=O)(=O)c6cc7c(c([N+](=O)[O-])c6)N[C@H](C6CCOCC6)CO7)c(N6c7cc8cc[nH]c8nc7O[C@H]7COCC[C@@H]76)c5)CC4)C3)[C@H](c3ccccc3OC(C)C)C2)c(F)c1. The van der Waals surface area contributed by atoms with Crippen molar-refractivity contribution in [2.45, 2.75) is 114 Å². The standard InChI is InChI=1S/C61H70FN9O10S/c1-37(2)80-54-7-5-4-6-45(54)53-34-67(33-41-9-8-38(3)26-47(41)62)21-22-69(53)43-31-61(32-43)16-19-68(20-17-61)42-10-11-46(50(28-42)70-49-15-25-78-36-56(49)81-60-52(70)27-40-12-18-63-58(40)65-60)59(72)66-82(75,76)44-29-51(71(73)74)57-55(30-44)79-35-48(64-57)39-13-23-77-24-14-39/h4-12,18,26-30,37,39,43,48-49,53,56,64H,13-17,19-25,31-36H2,1-3H3,(H,63,65)(H,66,72)/t48-,49-,53-,56-/m0/s1. The van der Waals surface area contributed by atoms with Gasteiger partial charge in [-0.3, -0.25) is 24.7 Å². The monoisotopic (exact) mass is 1140 g/mol. The third-order valence-corrected chi connectivity index (χ3v) is 19.5. The van der Waals surface area contributed by atoms with Crippen LogP contribution in [-0.4, -0.2) is 135 Å². The number of piperidine rings is 1. The Morgan fingerprint density at radius 2 is 1.74 bits per heavy atom. The van der Waals surface area contributed by atoms with Crippen molar-refractivity contribution in [1.82, 2.24) is 24.5 Å². The first-order valence-corrected chi connectivity index (χ1v) is 30.4. The predicted molar refractivity (Wildman–Crippen MR) is 307 cm³/mol. The van der Waals surface area contributed by atoms with Crippen molar-refractivity contribution in [2.24, 2.45) is 11.3 Å². The molecule has 7 aliphatic rings. The average Bonchev–Trinajstić information content (AvgIpc) is 3.26. The van der Waals surface area contributed by atoms with Crippen LogP contribution in [0.3, 0.4) is 0 Å². The fourth-order valence-electron chi connectivity index (χ4n) is 13.9. The zero-order valence-electron chi connectivity index (χ0n) is 46.5. The second-order valence-corrected chi connectivity index (χ2v) is 25.4. The molecule has 1 spiro atoms. The number of rotatable bonds is 13. The highest BCUT2D eigenvalue weighted by Crippen LogP contribution is 2.54. The first-order chi connectivity index (χ1) is 39.7. The van der Waals surface area contributed by atoms with Gasteiger partial charge < -0.3 is 43.8 Å². The molecule has 4 saturated heterocycles. The maximum absolute atomic E-state index is 15.2. The van der Waals surface area contributed by atoms with Crippen molar-refractivity contribution in [2.75, 3.05) is 80.9 Å². The molecule has 4 aromatic carbocycles. The Labute approximate surface area is 476 Å². The van der Waals surface area contributed by atoms with Crippen molar-refractivity contribution in [1.29, 1.82) is 0 Å². The largest absolute Gasteiger partial charge is 0.491 e. The topological polar surface area (TPSA) is 206 Å². The minimum absolute atomic E-state index is 0.00768. The molecule has 2 aromatic heterocycles. The van der Waals surface area contributed by atoms with Crippen molar-refractivity contribution in [3.63, 3.8) is 0 Å². The smallest absolute Gasteiger partial charge is 0.297 e. The van der Waals surface area contributed by atoms with E-state index in [1.54, 1.807) is 18.3 Å². The molecule has 1 aliphatic carbocycles. The van der Waals surface area contributed by atoms with Crippen LogP contribution in [0.1, 0.15) is 91.9 Å². The molecule has 0 radical (unpaired) electrons. The molecule has 432 valence electrons. The van der Waals surface area contributed by atoms with E-state index in [9.17, 15) is 23.3 Å². The first-order valence-electron chi connectivity index (χ1n) is 28.9. The van der Waals surface area contributed by atoms with Crippen molar-refractivity contribution >= 4 is 55.4 Å². The van der Waals surface area contributed by atoms with E-state index in [0.717, 1.165) is 105 Å². The van der Waals surface area contributed by atoms with Crippen LogP contribution >= 0.6 is 0 Å². The van der Waals surface area contributed by atoms with Crippen LogP contribution in [0.25, 0.3) is 11.0 Å². The summed E-state index contributed by atoms with van der Waals surface area (Å²) >= 11 is 0. The normalized spacial score (nSPS) is 23.2. The molecule has 0 bridgehead atoms. The summed E-state index contributed by atoms with van der Waals surface area (Å²) in [6.45, 7) is 12.6. The number of halogens is 1. The van der Waals surface area contributed by atoms with E-state index >= 15 is 4.39 Å². The van der Waals surface area contributed by atoms with Gasteiger partial charge in [0.2, 0.25) is 5.88 Å². The Hall–Kier alpha value is -7.04. The molecule has 0 unspecified atom stereocenters. The summed E-state index contributed by atoms with van der Waals surface area (Å²) in [7, 11) is -4.73. The lowest BCUT2D eigenvalue weighted by Crippen LogP contribution is -2.59. The average molecular weight is 1140 g/mol. The Morgan fingerprint density at radius 3 is 2.54 bits per heavy atom. The maximum atomic E-state index is 15.2. The molecular formula is C61H70FN9O10S. The van der Waals surface area contributed by atoms with Crippen LogP contribution < -0.4 is 34.0 Å². The number of aromatic amines is 1. The number of sulfonamides is 1. The van der Waals surface area contributed by atoms with Crippen molar-refractivity contribution in [3.8, 4) is 17.4 Å². The van der Waals surface area contributed by atoms with Crippen LogP contribution in [0, 0.1) is 34.2 Å². The highest BCUT2D eigenvalue weighted by Gasteiger charge is 2.51. The zero-order valence-corrected chi connectivity index (χ0v) is 47.3. The number of para-hydroxylation sites is 1. The predicted octanol–water partition coefficient (Wildman–Crippen LogP) is 9.42. The molecule has 8 heterocycles. The number of hydrogen-bond acceptors (Lipinski definition) is 16. The molecule has 3 N–H and O–H groups in total. The number of pyridine rings is 1. The Bertz CT molecular complexity index is 3520. The van der Waals surface area contributed by atoms with Gasteiger partial charge in [-0.1, -0.05) is 30.3 Å². The summed E-state index contributed by atoms with van der Waals surface area (Å²) in [5.41, 5.74) is 5.22. The number of hydrogen-bond donors (Lipinski definition) is 3. The summed E-state index contributed by atoms with van der Waals surface area (Å²) in [4.78, 5) is 43.9. The third kappa shape index (κ3) is 10.5. The molecule has 21 heteroatoms. The van der Waals surface area contributed by atoms with Crippen LogP contribution in [0.4, 0.5) is 32.8 Å². The number of aromatic nitrogens is 2. The third-order valence-electron chi connectivity index (χ3n) is 18.2. The van der Waals surface area contributed by atoms with Crippen LogP contribution in [-0.2, 0) is 26.0 Å². The number of fused-ring (bicyclic) bond motifs is 4. The number of H-pyrrole nitrogens is 1. The van der Waals surface area contributed by atoms with Gasteiger partial charge in [-0.05, 0) is 125 Å². The number of piperazine rings is 1. The van der Waals surface area contributed by atoms with Crippen LogP contribution in [0.15, 0.2) is 96.0 Å². The molecule has 6 aliphatic heterocycles. The number of nitro groups is 1. The first kappa shape index (κ1) is 54.2. The molecular weight excluding hydrogens is 1070 g/mol. The fourth-order valence-corrected chi connectivity index (χ4v) is 14.9. The van der Waals surface area contributed by atoms with Gasteiger partial charge >= 0.3 is 0 Å². The molecule has 1 saturated carbocycles. The molecule has 5 fully saturated rings. The summed E-state index contributed by atoms with van der Waals surface area (Å²) in [6.07, 6.45) is 7.45.